The number of hydrogen-bond acceptors (Lipinski definition) is 6. The van der Waals surface area contributed by atoms with Crippen molar-refractivity contribution in [1.29, 1.82) is 0 Å². The molecule has 2 aromatic carbocycles. The molecule has 0 N–H and O–H groups in total. The number of carbonyl (C=O) groups is 1. The van der Waals surface area contributed by atoms with E-state index < -0.39 is 33.0 Å². The zero-order valence-corrected chi connectivity index (χ0v) is 22.3. The molecule has 2 heterocycles. The molecule has 1 fully saturated rings. The predicted molar refractivity (Wildman–Crippen MR) is 134 cm³/mol. The van der Waals surface area contributed by atoms with Gasteiger partial charge in [-0.2, -0.15) is 0 Å². The highest BCUT2D eigenvalue weighted by molar-refractivity contribution is 9.10. The number of halogens is 3. The number of thiazole rings is 1. The number of ether oxygens (including phenoxy) is 1. The van der Waals surface area contributed by atoms with Crippen LogP contribution in [0.1, 0.15) is 31.4 Å². The summed E-state index contributed by atoms with van der Waals surface area (Å²) in [6, 6.07) is 10.3. The van der Waals surface area contributed by atoms with Crippen LogP contribution in [0.15, 0.2) is 47.1 Å². The van der Waals surface area contributed by atoms with Crippen LogP contribution in [-0.4, -0.2) is 50.2 Å². The van der Waals surface area contributed by atoms with Gasteiger partial charge in [-0.1, -0.05) is 17.7 Å². The Morgan fingerprint density at radius 3 is 2.76 bits per heavy atom. The van der Waals surface area contributed by atoms with E-state index in [2.05, 4.69) is 20.9 Å². The van der Waals surface area contributed by atoms with Gasteiger partial charge in [-0.3, -0.25) is 4.79 Å². The van der Waals surface area contributed by atoms with Gasteiger partial charge in [-0.15, -0.1) is 11.3 Å². The number of aryl methyl sites for hydroxylation is 1. The molecule has 0 spiro atoms. The van der Waals surface area contributed by atoms with Gasteiger partial charge in [0, 0.05) is 34.1 Å². The summed E-state index contributed by atoms with van der Waals surface area (Å²) in [4.78, 5) is 19.1. The van der Waals surface area contributed by atoms with Crippen molar-refractivity contribution in [3.05, 3.63) is 78.7 Å². The van der Waals surface area contributed by atoms with E-state index in [4.69, 9.17) is 16.3 Å². The number of carbonyl (C=O) groups excluding carboxylic acids is 1. The second-order valence-electron chi connectivity index (χ2n) is 8.00. The molecule has 180 valence electrons. The van der Waals surface area contributed by atoms with E-state index in [0.717, 1.165) is 33.1 Å². The van der Waals surface area contributed by atoms with Crippen molar-refractivity contribution in [2.24, 2.45) is 0 Å². The van der Waals surface area contributed by atoms with Crippen LogP contribution in [0.2, 0.25) is 5.02 Å². The minimum atomic E-state index is -4.18. The van der Waals surface area contributed by atoms with E-state index >= 15 is 4.39 Å². The Hall–Kier alpha value is -2.01. The third kappa shape index (κ3) is 4.73. The van der Waals surface area contributed by atoms with Crippen LogP contribution in [0, 0.1) is 6.92 Å². The molecular weight excluding hydrogens is 567 g/mol. The molecule has 0 saturated carbocycles. The minimum absolute atomic E-state index is 0.107. The molecule has 1 aliphatic rings. The van der Waals surface area contributed by atoms with Crippen molar-refractivity contribution >= 4 is 54.6 Å². The van der Waals surface area contributed by atoms with E-state index in [-0.39, 0.29) is 17.1 Å². The van der Waals surface area contributed by atoms with Gasteiger partial charge in [0.25, 0.3) is 10.9 Å². The fraction of sp³-hybridized carbons (Fsp3) is 0.304. The largest absolute Gasteiger partial charge is 0.497 e. The Labute approximate surface area is 214 Å². The monoisotopic (exact) mass is 586 g/mol. The van der Waals surface area contributed by atoms with E-state index in [0.29, 0.717) is 15.9 Å². The Morgan fingerprint density at radius 1 is 1.32 bits per heavy atom. The average molecular weight is 588 g/mol. The normalized spacial score (nSPS) is 19.7. The number of rotatable bonds is 5. The molecule has 34 heavy (non-hydrogen) atoms. The maximum atomic E-state index is 16.2. The zero-order chi connectivity index (χ0) is 24.7. The number of alkyl halides is 1. The SMILES string of the molecule is COc1ccc(Cc2cnc([C@@]3(F)CN(C(=O)c4ccc(Br)c(Cl)c4)CCS3(=O)=O)s2)c(C)c1. The molecule has 11 heteroatoms. The summed E-state index contributed by atoms with van der Waals surface area (Å²) in [5.74, 6) is -0.248. The van der Waals surface area contributed by atoms with Crippen LogP contribution >= 0.6 is 38.9 Å². The Bertz CT molecular complexity index is 1360. The highest BCUT2D eigenvalue weighted by Crippen LogP contribution is 2.40. The molecule has 1 atom stereocenters. The molecule has 0 bridgehead atoms. The first-order valence-corrected chi connectivity index (χ1v) is 13.9. The second kappa shape index (κ2) is 9.56. The van der Waals surface area contributed by atoms with Crippen molar-refractivity contribution in [3.8, 4) is 5.75 Å². The molecule has 1 aliphatic heterocycles. The number of hydrogen-bond donors (Lipinski definition) is 0. The molecule has 1 aromatic heterocycles. The lowest BCUT2D eigenvalue weighted by molar-refractivity contribution is 0.0666. The molecule has 4 rings (SSSR count). The number of aromatic nitrogens is 1. The summed E-state index contributed by atoms with van der Waals surface area (Å²) in [5, 5.41) is -2.61. The summed E-state index contributed by atoms with van der Waals surface area (Å²) in [6.07, 6.45) is 1.97. The standard InChI is InChI=1S/C23H21BrClFN2O4S2/c1-14-9-17(32-2)5-3-15(14)10-18-12-27-22(33-18)23(26)13-28(7-8-34(23,30)31)21(29)16-4-6-19(24)20(25)11-16/h3-6,9,11-12H,7-8,10,13H2,1-2H3/t23-/m1/s1. The summed E-state index contributed by atoms with van der Waals surface area (Å²) < 4.78 is 47.7. The second-order valence-corrected chi connectivity index (χ2v) is 12.7. The lowest BCUT2D eigenvalue weighted by Gasteiger charge is -2.35. The average Bonchev–Trinajstić information content (AvgIpc) is 3.27. The van der Waals surface area contributed by atoms with Gasteiger partial charge in [0.05, 0.1) is 24.4 Å². The molecule has 3 aromatic rings. The number of nitrogens with zero attached hydrogens (tertiary/aromatic N) is 2. The van der Waals surface area contributed by atoms with Gasteiger partial charge < -0.3 is 9.64 Å². The first-order valence-electron chi connectivity index (χ1n) is 10.3. The van der Waals surface area contributed by atoms with Crippen LogP contribution < -0.4 is 4.74 Å². The number of methoxy groups -OCH3 is 1. The lowest BCUT2D eigenvalue weighted by Crippen LogP contribution is -2.53. The Kier molecular flexibility index (Phi) is 7.06. The highest BCUT2D eigenvalue weighted by Gasteiger charge is 2.53. The first kappa shape index (κ1) is 25.1. The van der Waals surface area contributed by atoms with Crippen LogP contribution in [0.5, 0.6) is 5.75 Å². The quantitative estimate of drug-likeness (QED) is 0.412. The maximum absolute atomic E-state index is 16.2. The van der Waals surface area contributed by atoms with Crippen LogP contribution in [0.4, 0.5) is 4.39 Å². The van der Waals surface area contributed by atoms with Crippen molar-refractivity contribution in [2.75, 3.05) is 26.0 Å². The van der Waals surface area contributed by atoms with Gasteiger partial charge in [-0.25, -0.2) is 17.8 Å². The Morgan fingerprint density at radius 2 is 2.09 bits per heavy atom. The van der Waals surface area contributed by atoms with Gasteiger partial charge in [0.15, 0.2) is 9.84 Å². The van der Waals surface area contributed by atoms with Gasteiger partial charge in [0.1, 0.15) is 10.8 Å². The number of amides is 1. The topological polar surface area (TPSA) is 76.6 Å². The lowest BCUT2D eigenvalue weighted by atomic mass is 10.1. The van der Waals surface area contributed by atoms with Crippen molar-refractivity contribution < 1.29 is 22.3 Å². The maximum Gasteiger partial charge on any atom is 0.278 e. The Balaban J connectivity index is 1.60. The van der Waals surface area contributed by atoms with E-state index in [1.807, 2.05) is 25.1 Å². The van der Waals surface area contributed by atoms with Crippen LogP contribution in [0.3, 0.4) is 0 Å². The molecular formula is C23H21BrClFN2O4S2. The van der Waals surface area contributed by atoms with Crippen LogP contribution in [-0.2, 0) is 21.3 Å². The van der Waals surface area contributed by atoms with E-state index in [1.54, 1.807) is 19.2 Å². The summed E-state index contributed by atoms with van der Waals surface area (Å²) in [6.45, 7) is 1.21. The van der Waals surface area contributed by atoms with Gasteiger partial charge in [0.2, 0.25) is 0 Å². The van der Waals surface area contributed by atoms with Gasteiger partial charge in [-0.05, 0) is 64.3 Å². The fourth-order valence-corrected chi connectivity index (χ4v) is 7.04. The molecule has 0 radical (unpaired) electrons. The number of sulfone groups is 1. The summed E-state index contributed by atoms with van der Waals surface area (Å²) >= 11 is 10.4. The third-order valence-corrected chi connectivity index (χ3v) is 10.3. The fourth-order valence-electron chi connectivity index (χ4n) is 3.74. The smallest absolute Gasteiger partial charge is 0.278 e. The van der Waals surface area contributed by atoms with Crippen LogP contribution in [0.25, 0.3) is 0 Å². The zero-order valence-electron chi connectivity index (χ0n) is 18.3. The molecule has 1 amide bonds. The minimum Gasteiger partial charge on any atom is -0.497 e. The van der Waals surface area contributed by atoms with Gasteiger partial charge >= 0.3 is 0 Å². The van der Waals surface area contributed by atoms with Crippen molar-refractivity contribution in [2.45, 2.75) is 18.3 Å². The molecule has 1 saturated heterocycles. The molecule has 0 aliphatic carbocycles. The first-order chi connectivity index (χ1) is 16.0. The highest BCUT2D eigenvalue weighted by atomic mass is 79.9. The summed E-state index contributed by atoms with van der Waals surface area (Å²) in [7, 11) is -2.59. The third-order valence-electron chi connectivity index (χ3n) is 5.76. The van der Waals surface area contributed by atoms with E-state index in [9.17, 15) is 13.2 Å². The van der Waals surface area contributed by atoms with Crippen molar-refractivity contribution in [3.63, 3.8) is 0 Å². The summed E-state index contributed by atoms with van der Waals surface area (Å²) in [5.41, 5.74) is 2.25. The van der Waals surface area contributed by atoms with E-state index in [1.165, 1.54) is 17.2 Å². The number of benzene rings is 2. The van der Waals surface area contributed by atoms with Crippen molar-refractivity contribution in [1.82, 2.24) is 9.88 Å². The molecule has 0 unspecified atom stereocenters. The predicted octanol–water partition coefficient (Wildman–Crippen LogP) is 5.16. The molecule has 6 nitrogen and oxygen atoms in total.